The second-order valence-corrected chi connectivity index (χ2v) is 4.82. The molecule has 2 rings (SSSR count). The van der Waals surface area contributed by atoms with Crippen molar-refractivity contribution in [1.29, 1.82) is 0 Å². The fourth-order valence-corrected chi connectivity index (χ4v) is 2.25. The first-order valence-electron chi connectivity index (χ1n) is 6.85. The Bertz CT molecular complexity index is 506. The minimum absolute atomic E-state index is 0.140. The lowest BCUT2D eigenvalue weighted by Gasteiger charge is -2.20. The van der Waals surface area contributed by atoms with Crippen LogP contribution in [-0.2, 0) is 30.3 Å². The van der Waals surface area contributed by atoms with E-state index in [1.807, 2.05) is 30.3 Å². The van der Waals surface area contributed by atoms with E-state index in [0.29, 0.717) is 0 Å². The van der Waals surface area contributed by atoms with E-state index >= 15 is 0 Å². The number of hydrogen-bond donors (Lipinski definition) is 1. The molecular weight excluding hydrogens is 290 g/mol. The molecule has 0 aliphatic carbocycles. The van der Waals surface area contributed by atoms with Gasteiger partial charge in [0, 0.05) is 14.2 Å². The van der Waals surface area contributed by atoms with Crippen LogP contribution in [0, 0.1) is 0 Å². The summed E-state index contributed by atoms with van der Waals surface area (Å²) in [6, 6.07) is 8.64. The van der Waals surface area contributed by atoms with Crippen LogP contribution < -0.4 is 5.32 Å². The molecule has 1 aliphatic heterocycles. The fraction of sp³-hybridized carbons (Fsp3) is 0.467. The van der Waals surface area contributed by atoms with Gasteiger partial charge < -0.3 is 24.3 Å². The molecule has 1 saturated heterocycles. The number of nitrogens with one attached hydrogen (secondary N) is 1. The summed E-state index contributed by atoms with van der Waals surface area (Å²) in [6.07, 6.45) is -2.12. The second kappa shape index (κ2) is 7.77. The molecule has 120 valence electrons. The summed E-state index contributed by atoms with van der Waals surface area (Å²) in [7, 11) is 2.86. The molecule has 0 spiro atoms. The van der Waals surface area contributed by atoms with Gasteiger partial charge in [0.25, 0.3) is 0 Å². The van der Waals surface area contributed by atoms with Crippen LogP contribution in [-0.4, -0.2) is 51.1 Å². The Labute approximate surface area is 128 Å². The maximum atomic E-state index is 11.9. The quantitative estimate of drug-likeness (QED) is 0.785. The predicted molar refractivity (Wildman–Crippen MR) is 76.1 cm³/mol. The molecule has 0 unspecified atom stereocenters. The number of hydrogen-bond acceptors (Lipinski definition) is 6. The van der Waals surface area contributed by atoms with Gasteiger partial charge in [-0.15, -0.1) is 0 Å². The molecule has 0 radical (unpaired) electrons. The molecule has 1 amide bonds. The number of methoxy groups -OCH3 is 2. The number of carbonyl (C=O) groups is 2. The molecule has 3 atom stereocenters. The van der Waals surface area contributed by atoms with Gasteiger partial charge in [-0.05, 0) is 5.56 Å². The fourth-order valence-electron chi connectivity index (χ4n) is 2.25. The molecule has 0 bridgehead atoms. The second-order valence-electron chi connectivity index (χ2n) is 4.82. The molecule has 1 aromatic rings. The van der Waals surface area contributed by atoms with Crippen LogP contribution in [0.15, 0.2) is 30.3 Å². The number of amides is 1. The third-order valence-electron chi connectivity index (χ3n) is 3.31. The lowest BCUT2D eigenvalue weighted by Crippen LogP contribution is -2.49. The minimum Gasteiger partial charge on any atom is -0.456 e. The number of cyclic esters (lactones) is 1. The van der Waals surface area contributed by atoms with Gasteiger partial charge in [0.1, 0.15) is 18.8 Å². The Morgan fingerprint density at radius 3 is 2.64 bits per heavy atom. The SMILES string of the molecule is COC[C@H]1OC(=O)[C@H](OC)[C@H]1NC(=O)OCc1ccccc1. The van der Waals surface area contributed by atoms with Crippen LogP contribution in [0.2, 0.25) is 0 Å². The van der Waals surface area contributed by atoms with Crippen LogP contribution in [0.25, 0.3) is 0 Å². The minimum atomic E-state index is -0.871. The van der Waals surface area contributed by atoms with E-state index in [0.717, 1.165) is 5.56 Å². The average molecular weight is 309 g/mol. The van der Waals surface area contributed by atoms with E-state index in [2.05, 4.69) is 5.32 Å². The Morgan fingerprint density at radius 2 is 2.00 bits per heavy atom. The van der Waals surface area contributed by atoms with Gasteiger partial charge in [0.15, 0.2) is 6.10 Å². The highest BCUT2D eigenvalue weighted by molar-refractivity contribution is 5.80. The first-order chi connectivity index (χ1) is 10.7. The molecule has 1 fully saturated rings. The Balaban J connectivity index is 1.91. The predicted octanol–water partition coefficient (Wildman–Crippen LogP) is 0.868. The lowest BCUT2D eigenvalue weighted by atomic mass is 10.1. The zero-order chi connectivity index (χ0) is 15.9. The van der Waals surface area contributed by atoms with Gasteiger partial charge in [0.05, 0.1) is 6.61 Å². The highest BCUT2D eigenvalue weighted by Crippen LogP contribution is 2.19. The molecule has 0 aromatic heterocycles. The highest BCUT2D eigenvalue weighted by Gasteiger charge is 2.46. The molecule has 1 heterocycles. The van der Waals surface area contributed by atoms with Crippen molar-refractivity contribution in [2.75, 3.05) is 20.8 Å². The van der Waals surface area contributed by atoms with Crippen molar-refractivity contribution in [2.45, 2.75) is 24.9 Å². The van der Waals surface area contributed by atoms with Gasteiger partial charge in [-0.1, -0.05) is 30.3 Å². The highest BCUT2D eigenvalue weighted by atomic mass is 16.6. The van der Waals surface area contributed by atoms with Crippen molar-refractivity contribution in [3.8, 4) is 0 Å². The van der Waals surface area contributed by atoms with Crippen LogP contribution in [0.3, 0.4) is 0 Å². The molecule has 1 aromatic carbocycles. The topological polar surface area (TPSA) is 83.1 Å². The summed E-state index contributed by atoms with van der Waals surface area (Å²) in [5, 5.41) is 2.60. The third-order valence-corrected chi connectivity index (χ3v) is 3.31. The van der Waals surface area contributed by atoms with Crippen LogP contribution >= 0.6 is 0 Å². The largest absolute Gasteiger partial charge is 0.456 e. The van der Waals surface area contributed by atoms with Gasteiger partial charge in [-0.3, -0.25) is 0 Å². The molecule has 1 N–H and O–H groups in total. The van der Waals surface area contributed by atoms with Crippen molar-refractivity contribution in [3.63, 3.8) is 0 Å². The summed E-state index contributed by atoms with van der Waals surface area (Å²) in [5.41, 5.74) is 0.869. The smallest absolute Gasteiger partial charge is 0.407 e. The summed E-state index contributed by atoms with van der Waals surface area (Å²) in [4.78, 5) is 23.6. The first kappa shape index (κ1) is 16.3. The van der Waals surface area contributed by atoms with Crippen LogP contribution in [0.5, 0.6) is 0 Å². The van der Waals surface area contributed by atoms with E-state index in [-0.39, 0.29) is 13.2 Å². The normalized spacial score (nSPS) is 23.9. The van der Waals surface area contributed by atoms with Gasteiger partial charge in [-0.2, -0.15) is 0 Å². The van der Waals surface area contributed by atoms with E-state index in [4.69, 9.17) is 18.9 Å². The van der Waals surface area contributed by atoms with Gasteiger partial charge >= 0.3 is 12.1 Å². The van der Waals surface area contributed by atoms with Crippen LogP contribution in [0.4, 0.5) is 4.79 Å². The lowest BCUT2D eigenvalue weighted by molar-refractivity contribution is -0.149. The molecule has 1 aliphatic rings. The Kier molecular flexibility index (Phi) is 5.74. The average Bonchev–Trinajstić information content (AvgIpc) is 2.81. The van der Waals surface area contributed by atoms with Crippen molar-refractivity contribution in [3.05, 3.63) is 35.9 Å². The first-order valence-corrected chi connectivity index (χ1v) is 6.85. The number of carbonyl (C=O) groups excluding carboxylic acids is 2. The number of esters is 1. The maximum absolute atomic E-state index is 11.9. The summed E-state index contributed by atoms with van der Waals surface area (Å²) >= 11 is 0. The summed E-state index contributed by atoms with van der Waals surface area (Å²) < 4.78 is 20.3. The Morgan fingerprint density at radius 1 is 1.27 bits per heavy atom. The number of rotatable bonds is 6. The molecule has 22 heavy (non-hydrogen) atoms. The number of benzene rings is 1. The third kappa shape index (κ3) is 3.96. The molecule has 7 nitrogen and oxygen atoms in total. The zero-order valence-corrected chi connectivity index (χ0v) is 12.5. The number of ether oxygens (including phenoxy) is 4. The van der Waals surface area contributed by atoms with Crippen molar-refractivity contribution < 1.29 is 28.5 Å². The van der Waals surface area contributed by atoms with E-state index < -0.39 is 30.3 Å². The number of alkyl carbamates (subject to hydrolysis) is 1. The van der Waals surface area contributed by atoms with Gasteiger partial charge in [0.2, 0.25) is 0 Å². The van der Waals surface area contributed by atoms with Crippen LogP contribution in [0.1, 0.15) is 5.56 Å². The van der Waals surface area contributed by atoms with E-state index in [1.54, 1.807) is 0 Å². The van der Waals surface area contributed by atoms with Gasteiger partial charge in [-0.25, -0.2) is 9.59 Å². The monoisotopic (exact) mass is 309 g/mol. The molecular formula is C15H19NO6. The summed E-state index contributed by atoms with van der Waals surface area (Å²) in [6.45, 7) is 0.302. The van der Waals surface area contributed by atoms with Crippen molar-refractivity contribution in [1.82, 2.24) is 5.32 Å². The molecule has 7 heteroatoms. The maximum Gasteiger partial charge on any atom is 0.407 e. The van der Waals surface area contributed by atoms with Crippen molar-refractivity contribution in [2.24, 2.45) is 0 Å². The van der Waals surface area contributed by atoms with Crippen molar-refractivity contribution >= 4 is 12.1 Å². The molecule has 0 saturated carbocycles. The standard InChI is InChI=1S/C15H19NO6/c1-19-9-11-12(13(20-2)14(17)22-11)16-15(18)21-8-10-6-4-3-5-7-10/h3-7,11-13H,8-9H2,1-2H3,(H,16,18)/t11-,12+,13-/m1/s1. The summed E-state index contributed by atoms with van der Waals surface area (Å²) in [5.74, 6) is -0.530. The Hall–Kier alpha value is -2.12. The van der Waals surface area contributed by atoms with E-state index in [1.165, 1.54) is 14.2 Å². The zero-order valence-electron chi connectivity index (χ0n) is 12.5. The van der Waals surface area contributed by atoms with E-state index in [9.17, 15) is 9.59 Å².